The topological polar surface area (TPSA) is 37.3 Å². The van der Waals surface area contributed by atoms with Crippen LogP contribution in [0, 0.1) is 0 Å². The van der Waals surface area contributed by atoms with E-state index in [0.29, 0.717) is 4.47 Å². The number of aromatic hydroxyl groups is 1. The van der Waals surface area contributed by atoms with Crippen LogP contribution >= 0.6 is 15.9 Å². The summed E-state index contributed by atoms with van der Waals surface area (Å²) in [6.45, 7) is 3.61. The molecule has 1 aromatic rings. The monoisotopic (exact) mass is 242 g/mol. The Bertz CT molecular complexity index is 332. The zero-order chi connectivity index (χ0) is 10.1. The summed E-state index contributed by atoms with van der Waals surface area (Å²) >= 11 is 3.25. The molecule has 0 aliphatic carbocycles. The van der Waals surface area contributed by atoms with Gasteiger partial charge in [0.2, 0.25) is 0 Å². The Balaban J connectivity index is 3.30. The summed E-state index contributed by atoms with van der Waals surface area (Å²) in [5.41, 5.74) is 0.222. The standard InChI is InChI=1S/C10H11BrO2/c1-10(2,6-12)7-4-3-5-8(13)9(7)11/h3-6,13H,1-2H3. The number of hydrogen-bond acceptors (Lipinski definition) is 2. The largest absolute Gasteiger partial charge is 0.507 e. The Morgan fingerprint density at radius 2 is 2.08 bits per heavy atom. The van der Waals surface area contributed by atoms with Crippen molar-refractivity contribution >= 4 is 22.2 Å². The molecule has 0 aromatic heterocycles. The van der Waals surface area contributed by atoms with Crippen LogP contribution in [0.15, 0.2) is 22.7 Å². The Hall–Kier alpha value is -0.830. The maximum Gasteiger partial charge on any atom is 0.130 e. The molecule has 0 heterocycles. The number of phenolic OH excluding ortho intramolecular Hbond substituents is 1. The first-order chi connectivity index (χ1) is 5.99. The van der Waals surface area contributed by atoms with Crippen LogP contribution in [0.25, 0.3) is 0 Å². The summed E-state index contributed by atoms with van der Waals surface area (Å²) in [5, 5.41) is 9.40. The average molecular weight is 243 g/mol. The molecule has 3 heteroatoms. The number of carbonyl (C=O) groups excluding carboxylic acids is 1. The van der Waals surface area contributed by atoms with Crippen molar-refractivity contribution < 1.29 is 9.90 Å². The number of rotatable bonds is 2. The van der Waals surface area contributed by atoms with E-state index in [1.165, 1.54) is 0 Å². The van der Waals surface area contributed by atoms with Gasteiger partial charge in [0.15, 0.2) is 0 Å². The summed E-state index contributed by atoms with van der Waals surface area (Å²) in [4.78, 5) is 10.8. The second-order valence-electron chi connectivity index (χ2n) is 3.48. The van der Waals surface area contributed by atoms with Crippen molar-refractivity contribution in [3.63, 3.8) is 0 Å². The van der Waals surface area contributed by atoms with Gasteiger partial charge in [0.05, 0.1) is 4.47 Å². The van der Waals surface area contributed by atoms with Crippen molar-refractivity contribution in [2.45, 2.75) is 19.3 Å². The number of phenols is 1. The van der Waals surface area contributed by atoms with Crippen LogP contribution in [0.3, 0.4) is 0 Å². The molecule has 1 rings (SSSR count). The molecule has 0 atom stereocenters. The molecule has 0 saturated heterocycles. The molecule has 0 saturated carbocycles. The molecule has 70 valence electrons. The predicted octanol–water partition coefficient (Wildman–Crippen LogP) is 2.63. The van der Waals surface area contributed by atoms with Crippen LogP contribution in [0.2, 0.25) is 0 Å². The maximum absolute atomic E-state index is 10.8. The van der Waals surface area contributed by atoms with Crippen LogP contribution in [0.4, 0.5) is 0 Å². The smallest absolute Gasteiger partial charge is 0.130 e. The van der Waals surface area contributed by atoms with Crippen molar-refractivity contribution in [1.29, 1.82) is 0 Å². The van der Waals surface area contributed by atoms with Gasteiger partial charge in [0, 0.05) is 5.41 Å². The molecule has 13 heavy (non-hydrogen) atoms. The van der Waals surface area contributed by atoms with Gasteiger partial charge in [0.1, 0.15) is 12.0 Å². The van der Waals surface area contributed by atoms with E-state index in [-0.39, 0.29) is 5.75 Å². The lowest BCUT2D eigenvalue weighted by atomic mass is 9.86. The van der Waals surface area contributed by atoms with E-state index in [1.807, 2.05) is 6.07 Å². The van der Waals surface area contributed by atoms with Gasteiger partial charge >= 0.3 is 0 Å². The SMILES string of the molecule is CC(C)(C=O)c1cccc(O)c1Br. The van der Waals surface area contributed by atoms with Crippen molar-refractivity contribution in [2.24, 2.45) is 0 Å². The van der Waals surface area contributed by atoms with Gasteiger partial charge in [0.25, 0.3) is 0 Å². The van der Waals surface area contributed by atoms with Gasteiger partial charge < -0.3 is 9.90 Å². The molecular weight excluding hydrogens is 232 g/mol. The third-order valence-corrected chi connectivity index (χ3v) is 2.80. The van der Waals surface area contributed by atoms with Gasteiger partial charge in [-0.15, -0.1) is 0 Å². The van der Waals surface area contributed by atoms with E-state index in [0.717, 1.165) is 11.8 Å². The van der Waals surface area contributed by atoms with Crippen LogP contribution in [-0.2, 0) is 10.2 Å². The summed E-state index contributed by atoms with van der Waals surface area (Å²) < 4.78 is 0.590. The molecular formula is C10H11BrO2. The molecule has 0 aliphatic heterocycles. The lowest BCUT2D eigenvalue weighted by Gasteiger charge is -2.19. The van der Waals surface area contributed by atoms with Gasteiger partial charge in [-0.1, -0.05) is 12.1 Å². The molecule has 1 aromatic carbocycles. The number of halogens is 1. The number of carbonyl (C=O) groups is 1. The Morgan fingerprint density at radius 1 is 1.46 bits per heavy atom. The van der Waals surface area contributed by atoms with Crippen LogP contribution in [0.5, 0.6) is 5.75 Å². The fourth-order valence-corrected chi connectivity index (χ4v) is 1.86. The Kier molecular flexibility index (Phi) is 2.76. The molecule has 1 N–H and O–H groups in total. The maximum atomic E-state index is 10.8. The lowest BCUT2D eigenvalue weighted by Crippen LogP contribution is -2.19. The molecule has 2 nitrogen and oxygen atoms in total. The van der Waals surface area contributed by atoms with Crippen LogP contribution < -0.4 is 0 Å². The van der Waals surface area contributed by atoms with Crippen molar-refractivity contribution in [3.8, 4) is 5.75 Å². The third kappa shape index (κ3) is 1.91. The highest BCUT2D eigenvalue weighted by atomic mass is 79.9. The zero-order valence-corrected chi connectivity index (χ0v) is 9.13. The highest BCUT2D eigenvalue weighted by molar-refractivity contribution is 9.10. The summed E-state index contributed by atoms with van der Waals surface area (Å²) in [7, 11) is 0. The van der Waals surface area contributed by atoms with E-state index in [4.69, 9.17) is 0 Å². The van der Waals surface area contributed by atoms with E-state index >= 15 is 0 Å². The number of hydrogen-bond donors (Lipinski definition) is 1. The molecule has 0 amide bonds. The number of aldehydes is 1. The van der Waals surface area contributed by atoms with Crippen molar-refractivity contribution in [1.82, 2.24) is 0 Å². The number of benzene rings is 1. The first-order valence-corrected chi connectivity index (χ1v) is 4.72. The van der Waals surface area contributed by atoms with Gasteiger partial charge in [-0.25, -0.2) is 0 Å². The molecule has 0 unspecified atom stereocenters. The van der Waals surface area contributed by atoms with Gasteiger partial charge in [-0.3, -0.25) is 0 Å². The minimum atomic E-state index is -0.572. The highest BCUT2D eigenvalue weighted by Crippen LogP contribution is 2.34. The van der Waals surface area contributed by atoms with E-state index in [2.05, 4.69) is 15.9 Å². The van der Waals surface area contributed by atoms with Gasteiger partial charge in [-0.05, 0) is 41.4 Å². The first-order valence-electron chi connectivity index (χ1n) is 3.93. The molecule has 0 radical (unpaired) electrons. The van der Waals surface area contributed by atoms with E-state index in [1.54, 1.807) is 26.0 Å². The van der Waals surface area contributed by atoms with Crippen LogP contribution in [0.1, 0.15) is 19.4 Å². The van der Waals surface area contributed by atoms with E-state index < -0.39 is 5.41 Å². The van der Waals surface area contributed by atoms with Crippen molar-refractivity contribution in [2.75, 3.05) is 0 Å². The summed E-state index contributed by atoms with van der Waals surface area (Å²) in [6, 6.07) is 5.12. The molecule has 0 bridgehead atoms. The van der Waals surface area contributed by atoms with Crippen LogP contribution in [-0.4, -0.2) is 11.4 Å². The second-order valence-corrected chi connectivity index (χ2v) is 4.27. The van der Waals surface area contributed by atoms with Gasteiger partial charge in [-0.2, -0.15) is 0 Å². The quantitative estimate of drug-likeness (QED) is 0.810. The minimum absolute atomic E-state index is 0.160. The molecule has 0 fully saturated rings. The predicted molar refractivity (Wildman–Crippen MR) is 54.9 cm³/mol. The molecule has 0 spiro atoms. The van der Waals surface area contributed by atoms with Crippen molar-refractivity contribution in [3.05, 3.63) is 28.2 Å². The summed E-state index contributed by atoms with van der Waals surface area (Å²) in [6.07, 6.45) is 0.868. The second kappa shape index (κ2) is 3.50. The molecule has 0 aliphatic rings. The normalized spacial score (nSPS) is 11.3. The Morgan fingerprint density at radius 3 is 2.62 bits per heavy atom. The third-order valence-electron chi connectivity index (χ3n) is 1.97. The first kappa shape index (κ1) is 10.3. The fraction of sp³-hybridized carbons (Fsp3) is 0.300. The average Bonchev–Trinajstić information content (AvgIpc) is 2.09. The fourth-order valence-electron chi connectivity index (χ4n) is 1.08. The Labute approximate surface area is 85.7 Å². The highest BCUT2D eigenvalue weighted by Gasteiger charge is 2.23. The zero-order valence-electron chi connectivity index (χ0n) is 7.54. The summed E-state index contributed by atoms with van der Waals surface area (Å²) in [5.74, 6) is 0.160. The van der Waals surface area contributed by atoms with E-state index in [9.17, 15) is 9.90 Å². The lowest BCUT2D eigenvalue weighted by molar-refractivity contribution is -0.111. The minimum Gasteiger partial charge on any atom is -0.507 e.